The molecule has 22 heavy (non-hydrogen) atoms. The fraction of sp³-hybridized carbons (Fsp3) is 0.222. The van der Waals surface area contributed by atoms with Gasteiger partial charge in [0, 0.05) is 23.0 Å². The number of carbonyl (C=O) groups excluding carboxylic acids is 1. The molecule has 0 saturated carbocycles. The van der Waals surface area contributed by atoms with Crippen molar-refractivity contribution in [2.45, 2.75) is 19.3 Å². The predicted octanol–water partition coefficient (Wildman–Crippen LogP) is 3.61. The van der Waals surface area contributed by atoms with Gasteiger partial charge in [-0.15, -0.1) is 0 Å². The van der Waals surface area contributed by atoms with Crippen LogP contribution in [0.5, 0.6) is 0 Å². The zero-order valence-corrected chi connectivity index (χ0v) is 13.2. The van der Waals surface area contributed by atoms with E-state index in [1.165, 1.54) is 0 Å². The van der Waals surface area contributed by atoms with Gasteiger partial charge in [-0.25, -0.2) is 0 Å². The molecule has 2 aromatic rings. The summed E-state index contributed by atoms with van der Waals surface area (Å²) in [5.41, 5.74) is 0.883. The molecular formula is C18H16ClNO2. The summed E-state index contributed by atoms with van der Waals surface area (Å²) in [4.78, 5) is 16.2. The van der Waals surface area contributed by atoms with E-state index in [-0.39, 0.29) is 12.6 Å². The van der Waals surface area contributed by atoms with E-state index in [9.17, 15) is 4.79 Å². The van der Waals surface area contributed by atoms with Crippen LogP contribution < -0.4 is 0 Å². The minimum atomic E-state index is -0.754. The van der Waals surface area contributed by atoms with Crippen LogP contribution in [0.3, 0.4) is 0 Å². The molecule has 0 N–H and O–H groups in total. The van der Waals surface area contributed by atoms with E-state index in [1.54, 1.807) is 44.4 Å². The number of ether oxygens (including phenoxy) is 1. The summed E-state index contributed by atoms with van der Waals surface area (Å²) < 4.78 is 5.24. The lowest BCUT2D eigenvalue weighted by molar-refractivity contribution is -0.147. The maximum absolute atomic E-state index is 12.2. The summed E-state index contributed by atoms with van der Waals surface area (Å²) in [6, 6.07) is 10.8. The highest BCUT2D eigenvalue weighted by molar-refractivity contribution is 6.30. The number of aromatic nitrogens is 1. The zero-order valence-electron chi connectivity index (χ0n) is 12.5. The molecule has 0 aliphatic rings. The van der Waals surface area contributed by atoms with Crippen LogP contribution in [0.15, 0.2) is 48.8 Å². The molecule has 0 bridgehead atoms. The van der Waals surface area contributed by atoms with Crippen LogP contribution in [0.1, 0.15) is 25.0 Å². The summed E-state index contributed by atoms with van der Waals surface area (Å²) in [7, 11) is 0. The first kappa shape index (κ1) is 16.1. The Labute approximate surface area is 135 Å². The smallest absolute Gasteiger partial charge is 0.317 e. The molecular weight excluding hydrogens is 298 g/mol. The van der Waals surface area contributed by atoms with Gasteiger partial charge in [0.2, 0.25) is 0 Å². The maximum atomic E-state index is 12.2. The van der Waals surface area contributed by atoms with Crippen molar-refractivity contribution in [3.8, 4) is 11.8 Å². The van der Waals surface area contributed by atoms with E-state index in [2.05, 4.69) is 16.8 Å². The van der Waals surface area contributed by atoms with Gasteiger partial charge >= 0.3 is 5.97 Å². The van der Waals surface area contributed by atoms with Crippen LogP contribution in [0, 0.1) is 11.8 Å². The van der Waals surface area contributed by atoms with Gasteiger partial charge in [0.05, 0.1) is 5.41 Å². The van der Waals surface area contributed by atoms with E-state index in [1.807, 2.05) is 18.2 Å². The van der Waals surface area contributed by atoms with Crippen molar-refractivity contribution < 1.29 is 9.53 Å². The van der Waals surface area contributed by atoms with Crippen molar-refractivity contribution in [2.24, 2.45) is 0 Å². The first-order valence-electron chi connectivity index (χ1n) is 6.82. The summed E-state index contributed by atoms with van der Waals surface area (Å²) in [5, 5.41) is 0.662. The lowest BCUT2D eigenvalue weighted by atomic mass is 9.86. The van der Waals surface area contributed by atoms with Crippen LogP contribution in [0.25, 0.3) is 0 Å². The van der Waals surface area contributed by atoms with Crippen LogP contribution in [0.2, 0.25) is 5.02 Å². The average Bonchev–Trinajstić information content (AvgIpc) is 2.54. The molecule has 4 heteroatoms. The monoisotopic (exact) mass is 313 g/mol. The number of hydrogen-bond acceptors (Lipinski definition) is 3. The van der Waals surface area contributed by atoms with E-state index in [0.717, 1.165) is 11.1 Å². The molecule has 0 fully saturated rings. The second kappa shape index (κ2) is 7.11. The summed E-state index contributed by atoms with van der Waals surface area (Å²) in [5.74, 6) is 5.42. The number of halogens is 1. The standard InChI is InChI=1S/C18H16ClNO2/c1-18(2,15-6-3-11-20-13-15)17(21)22-12-4-5-14-7-9-16(19)10-8-14/h3,6-11,13H,12H2,1-2H3. The van der Waals surface area contributed by atoms with Gasteiger partial charge in [-0.2, -0.15) is 0 Å². The van der Waals surface area contributed by atoms with Crippen LogP contribution >= 0.6 is 11.6 Å². The second-order valence-electron chi connectivity index (χ2n) is 5.25. The van der Waals surface area contributed by atoms with Crippen LogP contribution in [-0.2, 0) is 14.9 Å². The zero-order chi connectivity index (χ0) is 16.0. The number of carbonyl (C=O) groups is 1. The molecule has 3 nitrogen and oxygen atoms in total. The Bertz CT molecular complexity index is 697. The first-order chi connectivity index (χ1) is 10.5. The van der Waals surface area contributed by atoms with Crippen molar-refractivity contribution in [3.63, 3.8) is 0 Å². The molecule has 0 saturated heterocycles. The number of hydrogen-bond donors (Lipinski definition) is 0. The fourth-order valence-corrected chi connectivity index (χ4v) is 1.93. The third-order valence-electron chi connectivity index (χ3n) is 3.25. The number of esters is 1. The number of benzene rings is 1. The molecule has 0 unspecified atom stereocenters. The maximum Gasteiger partial charge on any atom is 0.317 e. The lowest BCUT2D eigenvalue weighted by Crippen LogP contribution is -2.31. The van der Waals surface area contributed by atoms with Gasteiger partial charge in [0.25, 0.3) is 0 Å². The molecule has 1 aromatic carbocycles. The highest BCUT2D eigenvalue weighted by Crippen LogP contribution is 2.23. The molecule has 0 radical (unpaired) electrons. The normalized spacial score (nSPS) is 10.5. The molecule has 1 aromatic heterocycles. The molecule has 0 amide bonds. The van der Waals surface area contributed by atoms with E-state index < -0.39 is 5.41 Å². The second-order valence-corrected chi connectivity index (χ2v) is 5.69. The Balaban J connectivity index is 1.94. The Morgan fingerprint density at radius 1 is 1.27 bits per heavy atom. The van der Waals surface area contributed by atoms with Crippen LogP contribution in [0.4, 0.5) is 0 Å². The fourth-order valence-electron chi connectivity index (χ4n) is 1.80. The predicted molar refractivity (Wildman–Crippen MR) is 86.6 cm³/mol. The number of nitrogens with zero attached hydrogens (tertiary/aromatic N) is 1. The lowest BCUT2D eigenvalue weighted by Gasteiger charge is -2.21. The average molecular weight is 314 g/mol. The third-order valence-corrected chi connectivity index (χ3v) is 3.50. The molecule has 112 valence electrons. The van der Waals surface area contributed by atoms with Gasteiger partial charge in [0.15, 0.2) is 6.61 Å². The molecule has 0 atom stereocenters. The van der Waals surface area contributed by atoms with E-state index in [4.69, 9.17) is 16.3 Å². The number of rotatable bonds is 3. The van der Waals surface area contributed by atoms with Gasteiger partial charge in [0.1, 0.15) is 0 Å². The minimum Gasteiger partial charge on any atom is -0.452 e. The van der Waals surface area contributed by atoms with Crippen molar-refractivity contribution >= 4 is 17.6 Å². The summed E-state index contributed by atoms with van der Waals surface area (Å²) >= 11 is 5.80. The SMILES string of the molecule is CC(C)(C(=O)OCC#Cc1ccc(Cl)cc1)c1cccnc1. The molecule has 0 spiro atoms. The Hall–Kier alpha value is -2.31. The Morgan fingerprint density at radius 2 is 2.00 bits per heavy atom. The number of pyridine rings is 1. The Kier molecular flexibility index (Phi) is 5.19. The van der Waals surface area contributed by atoms with E-state index >= 15 is 0 Å². The highest BCUT2D eigenvalue weighted by atomic mass is 35.5. The molecule has 0 aliphatic heterocycles. The Morgan fingerprint density at radius 3 is 2.64 bits per heavy atom. The first-order valence-corrected chi connectivity index (χ1v) is 7.20. The van der Waals surface area contributed by atoms with Gasteiger partial charge in [-0.1, -0.05) is 29.5 Å². The highest BCUT2D eigenvalue weighted by Gasteiger charge is 2.31. The van der Waals surface area contributed by atoms with Crippen molar-refractivity contribution in [1.82, 2.24) is 4.98 Å². The quantitative estimate of drug-likeness (QED) is 0.642. The summed E-state index contributed by atoms with van der Waals surface area (Å²) in [6.45, 7) is 3.66. The minimum absolute atomic E-state index is 0.0468. The summed E-state index contributed by atoms with van der Waals surface area (Å²) in [6.07, 6.45) is 3.34. The van der Waals surface area contributed by atoms with Crippen molar-refractivity contribution in [1.29, 1.82) is 0 Å². The molecule has 2 rings (SSSR count). The van der Waals surface area contributed by atoms with E-state index in [0.29, 0.717) is 5.02 Å². The van der Waals surface area contributed by atoms with Crippen molar-refractivity contribution in [2.75, 3.05) is 6.61 Å². The van der Waals surface area contributed by atoms with Crippen LogP contribution in [-0.4, -0.2) is 17.6 Å². The topological polar surface area (TPSA) is 39.2 Å². The largest absolute Gasteiger partial charge is 0.452 e. The van der Waals surface area contributed by atoms with Crippen molar-refractivity contribution in [3.05, 3.63) is 64.9 Å². The third kappa shape index (κ3) is 4.09. The molecule has 0 aliphatic carbocycles. The molecule has 1 heterocycles. The van der Waals surface area contributed by atoms with Gasteiger partial charge in [-0.05, 0) is 49.7 Å². The van der Waals surface area contributed by atoms with Gasteiger partial charge in [-0.3, -0.25) is 9.78 Å². The van der Waals surface area contributed by atoms with Gasteiger partial charge < -0.3 is 4.74 Å².